The summed E-state index contributed by atoms with van der Waals surface area (Å²) in [6.07, 6.45) is 1.44. The minimum absolute atomic E-state index is 0.207. The zero-order valence-electron chi connectivity index (χ0n) is 8.52. The van der Waals surface area contributed by atoms with E-state index >= 15 is 0 Å². The molecular weight excluding hydrogens is 210 g/mol. The standard InChI is InChI=1S/C11H15NO2S/c13-15(14,10-4-2-1-3-5-10)11-6-8-12-9-7-11/h1-5,11-12H,6-9H2. The van der Waals surface area contributed by atoms with Gasteiger partial charge in [-0.05, 0) is 38.1 Å². The van der Waals surface area contributed by atoms with Gasteiger partial charge in [0.1, 0.15) is 0 Å². The first-order chi connectivity index (χ1) is 7.21. The molecule has 82 valence electrons. The van der Waals surface area contributed by atoms with Crippen LogP contribution in [0, 0.1) is 0 Å². The Labute approximate surface area is 90.4 Å². The molecule has 1 aliphatic heterocycles. The number of sulfone groups is 1. The first-order valence-electron chi connectivity index (χ1n) is 5.21. The number of piperidine rings is 1. The molecule has 1 aromatic rings. The second-order valence-corrected chi connectivity index (χ2v) is 6.04. The minimum atomic E-state index is -3.10. The maximum atomic E-state index is 12.2. The average molecular weight is 225 g/mol. The maximum Gasteiger partial charge on any atom is 0.181 e. The lowest BCUT2D eigenvalue weighted by Crippen LogP contribution is -2.35. The van der Waals surface area contributed by atoms with E-state index < -0.39 is 9.84 Å². The zero-order chi connectivity index (χ0) is 10.7. The molecule has 0 saturated carbocycles. The lowest BCUT2D eigenvalue weighted by Gasteiger charge is -2.22. The third-order valence-corrected chi connectivity index (χ3v) is 5.08. The molecule has 1 saturated heterocycles. The molecule has 4 heteroatoms. The molecule has 3 nitrogen and oxygen atoms in total. The molecule has 1 aromatic carbocycles. The first kappa shape index (κ1) is 10.6. The van der Waals surface area contributed by atoms with Crippen LogP contribution in [0.25, 0.3) is 0 Å². The van der Waals surface area contributed by atoms with Crippen molar-refractivity contribution in [3.63, 3.8) is 0 Å². The lowest BCUT2D eigenvalue weighted by molar-refractivity contribution is 0.496. The minimum Gasteiger partial charge on any atom is -0.317 e. The van der Waals surface area contributed by atoms with E-state index in [1.807, 2.05) is 6.07 Å². The summed E-state index contributed by atoms with van der Waals surface area (Å²) in [6.45, 7) is 1.60. The van der Waals surface area contributed by atoms with Crippen LogP contribution in [-0.2, 0) is 9.84 Å². The van der Waals surface area contributed by atoms with Crippen molar-refractivity contribution >= 4 is 9.84 Å². The third kappa shape index (κ3) is 2.21. The van der Waals surface area contributed by atoms with Gasteiger partial charge in [-0.3, -0.25) is 0 Å². The quantitative estimate of drug-likeness (QED) is 0.823. The molecular formula is C11H15NO2S. The Morgan fingerprint density at radius 3 is 2.27 bits per heavy atom. The van der Waals surface area contributed by atoms with Crippen molar-refractivity contribution in [1.82, 2.24) is 5.32 Å². The Morgan fingerprint density at radius 1 is 1.07 bits per heavy atom. The van der Waals surface area contributed by atoms with Crippen LogP contribution in [0.1, 0.15) is 12.8 Å². The van der Waals surface area contributed by atoms with Crippen LogP contribution in [-0.4, -0.2) is 26.8 Å². The van der Waals surface area contributed by atoms with Crippen molar-refractivity contribution in [2.45, 2.75) is 23.0 Å². The predicted octanol–water partition coefficient (Wildman–Crippen LogP) is 1.21. The van der Waals surface area contributed by atoms with Gasteiger partial charge >= 0.3 is 0 Å². The smallest absolute Gasteiger partial charge is 0.181 e. The van der Waals surface area contributed by atoms with E-state index in [4.69, 9.17) is 0 Å². The van der Waals surface area contributed by atoms with Crippen molar-refractivity contribution in [2.75, 3.05) is 13.1 Å². The molecule has 1 aliphatic rings. The lowest BCUT2D eigenvalue weighted by atomic mass is 10.2. The van der Waals surface area contributed by atoms with E-state index in [-0.39, 0.29) is 5.25 Å². The van der Waals surface area contributed by atoms with Gasteiger partial charge < -0.3 is 5.32 Å². The van der Waals surface area contributed by atoms with Gasteiger partial charge in [0.25, 0.3) is 0 Å². The fourth-order valence-corrected chi connectivity index (χ4v) is 3.69. The molecule has 1 N–H and O–H groups in total. The topological polar surface area (TPSA) is 46.2 Å². The van der Waals surface area contributed by atoms with Crippen LogP contribution in [0.15, 0.2) is 35.2 Å². The number of hydrogen-bond acceptors (Lipinski definition) is 3. The number of benzene rings is 1. The predicted molar refractivity (Wildman–Crippen MR) is 59.5 cm³/mol. The van der Waals surface area contributed by atoms with Crippen molar-refractivity contribution in [2.24, 2.45) is 0 Å². The Bertz CT molecular complexity index is 407. The second-order valence-electron chi connectivity index (χ2n) is 3.81. The van der Waals surface area contributed by atoms with Gasteiger partial charge in [0.2, 0.25) is 0 Å². The summed E-state index contributed by atoms with van der Waals surface area (Å²) in [5, 5.41) is 2.97. The van der Waals surface area contributed by atoms with E-state index in [9.17, 15) is 8.42 Å². The summed E-state index contributed by atoms with van der Waals surface area (Å²) >= 11 is 0. The van der Waals surface area contributed by atoms with Gasteiger partial charge in [-0.15, -0.1) is 0 Å². The van der Waals surface area contributed by atoms with Crippen LogP contribution in [0.5, 0.6) is 0 Å². The highest BCUT2D eigenvalue weighted by molar-refractivity contribution is 7.92. The molecule has 0 aliphatic carbocycles. The maximum absolute atomic E-state index is 12.2. The summed E-state index contributed by atoms with van der Waals surface area (Å²) in [6, 6.07) is 8.73. The summed E-state index contributed by atoms with van der Waals surface area (Å²) in [5.74, 6) is 0. The van der Waals surface area contributed by atoms with Crippen LogP contribution in [0.2, 0.25) is 0 Å². The van der Waals surface area contributed by atoms with E-state index in [1.54, 1.807) is 24.3 Å². The van der Waals surface area contributed by atoms with Crippen LogP contribution in [0.3, 0.4) is 0 Å². The van der Waals surface area contributed by atoms with Gasteiger partial charge in [0.15, 0.2) is 9.84 Å². The van der Waals surface area contributed by atoms with Crippen molar-refractivity contribution in [1.29, 1.82) is 0 Å². The van der Waals surface area contributed by atoms with Gasteiger partial charge in [0, 0.05) is 0 Å². The largest absolute Gasteiger partial charge is 0.317 e. The highest BCUT2D eigenvalue weighted by Crippen LogP contribution is 2.21. The van der Waals surface area contributed by atoms with E-state index in [2.05, 4.69) is 5.32 Å². The Kier molecular flexibility index (Phi) is 3.07. The monoisotopic (exact) mass is 225 g/mol. The first-order valence-corrected chi connectivity index (χ1v) is 6.75. The molecule has 0 aromatic heterocycles. The Morgan fingerprint density at radius 2 is 1.67 bits per heavy atom. The highest BCUT2D eigenvalue weighted by Gasteiger charge is 2.28. The van der Waals surface area contributed by atoms with Gasteiger partial charge in [-0.25, -0.2) is 8.42 Å². The normalized spacial score (nSPS) is 18.9. The highest BCUT2D eigenvalue weighted by atomic mass is 32.2. The molecule has 2 rings (SSSR count). The molecule has 0 atom stereocenters. The molecule has 0 unspecified atom stereocenters. The third-order valence-electron chi connectivity index (χ3n) is 2.80. The molecule has 0 bridgehead atoms. The summed E-state index contributed by atoms with van der Waals surface area (Å²) < 4.78 is 24.3. The van der Waals surface area contributed by atoms with E-state index in [0.29, 0.717) is 4.90 Å². The fraction of sp³-hybridized carbons (Fsp3) is 0.455. The molecule has 0 radical (unpaired) electrons. The Hall–Kier alpha value is -0.870. The van der Waals surface area contributed by atoms with Crippen molar-refractivity contribution < 1.29 is 8.42 Å². The molecule has 1 fully saturated rings. The number of nitrogens with one attached hydrogen (secondary N) is 1. The van der Waals surface area contributed by atoms with Gasteiger partial charge in [-0.1, -0.05) is 18.2 Å². The SMILES string of the molecule is O=S(=O)(c1ccccc1)C1CCNCC1. The fourth-order valence-electron chi connectivity index (χ4n) is 1.91. The Balaban J connectivity index is 2.26. The number of hydrogen-bond donors (Lipinski definition) is 1. The molecule has 1 heterocycles. The molecule has 0 spiro atoms. The second kappa shape index (κ2) is 4.33. The number of rotatable bonds is 2. The van der Waals surface area contributed by atoms with Crippen LogP contribution in [0.4, 0.5) is 0 Å². The van der Waals surface area contributed by atoms with Crippen molar-refractivity contribution in [3.05, 3.63) is 30.3 Å². The summed E-state index contributed by atoms with van der Waals surface area (Å²) in [4.78, 5) is 0.455. The summed E-state index contributed by atoms with van der Waals surface area (Å²) in [5.41, 5.74) is 0. The van der Waals surface area contributed by atoms with E-state index in [1.165, 1.54) is 0 Å². The van der Waals surface area contributed by atoms with Crippen LogP contribution >= 0.6 is 0 Å². The van der Waals surface area contributed by atoms with Crippen molar-refractivity contribution in [3.8, 4) is 0 Å². The van der Waals surface area contributed by atoms with Gasteiger partial charge in [0.05, 0.1) is 10.1 Å². The van der Waals surface area contributed by atoms with Gasteiger partial charge in [-0.2, -0.15) is 0 Å². The van der Waals surface area contributed by atoms with E-state index in [0.717, 1.165) is 25.9 Å². The summed E-state index contributed by atoms with van der Waals surface area (Å²) in [7, 11) is -3.10. The zero-order valence-corrected chi connectivity index (χ0v) is 9.33. The average Bonchev–Trinajstić information content (AvgIpc) is 2.31. The molecule has 15 heavy (non-hydrogen) atoms. The van der Waals surface area contributed by atoms with Crippen LogP contribution < -0.4 is 5.32 Å². The molecule has 0 amide bonds.